The van der Waals surface area contributed by atoms with Crippen molar-refractivity contribution in [2.75, 3.05) is 0 Å². The maximum atomic E-state index is 13.0. The molecule has 16 heavy (non-hydrogen) atoms. The van der Waals surface area contributed by atoms with E-state index >= 15 is 0 Å². The van der Waals surface area contributed by atoms with Gasteiger partial charge < -0.3 is 5.73 Å². The number of thiazole rings is 1. The highest BCUT2D eigenvalue weighted by Crippen LogP contribution is 2.18. The van der Waals surface area contributed by atoms with E-state index in [4.69, 9.17) is 5.73 Å². The molecular formula is C12H13FN2S. The molecule has 1 atom stereocenters. The maximum absolute atomic E-state index is 13.0. The SMILES string of the molecule is Cc1nc(C(N)Cc2cccc(F)c2)cs1. The number of hydrogen-bond donors (Lipinski definition) is 1. The molecule has 1 unspecified atom stereocenters. The van der Waals surface area contributed by atoms with Gasteiger partial charge in [0.05, 0.1) is 16.7 Å². The van der Waals surface area contributed by atoms with Crippen molar-refractivity contribution in [3.8, 4) is 0 Å². The van der Waals surface area contributed by atoms with E-state index in [1.165, 1.54) is 12.1 Å². The van der Waals surface area contributed by atoms with Gasteiger partial charge in [-0.1, -0.05) is 12.1 Å². The van der Waals surface area contributed by atoms with Gasteiger partial charge in [-0.2, -0.15) is 0 Å². The zero-order valence-corrected chi connectivity index (χ0v) is 9.80. The molecule has 2 N–H and O–H groups in total. The quantitative estimate of drug-likeness (QED) is 0.890. The second kappa shape index (κ2) is 4.72. The molecule has 2 rings (SSSR count). The van der Waals surface area contributed by atoms with Crippen molar-refractivity contribution in [2.45, 2.75) is 19.4 Å². The predicted molar refractivity (Wildman–Crippen MR) is 63.9 cm³/mol. The number of hydrogen-bond acceptors (Lipinski definition) is 3. The van der Waals surface area contributed by atoms with Gasteiger partial charge in [-0.3, -0.25) is 0 Å². The number of halogens is 1. The van der Waals surface area contributed by atoms with Crippen LogP contribution in [0, 0.1) is 12.7 Å². The summed E-state index contributed by atoms with van der Waals surface area (Å²) < 4.78 is 13.0. The third-order valence-electron chi connectivity index (χ3n) is 2.36. The second-order valence-corrected chi connectivity index (χ2v) is 4.79. The minimum atomic E-state index is -0.223. The van der Waals surface area contributed by atoms with Crippen LogP contribution in [0.1, 0.15) is 22.3 Å². The molecular weight excluding hydrogens is 223 g/mol. The number of aromatic nitrogens is 1. The fraction of sp³-hybridized carbons (Fsp3) is 0.250. The summed E-state index contributed by atoms with van der Waals surface area (Å²) in [4.78, 5) is 4.33. The van der Waals surface area contributed by atoms with Crippen molar-refractivity contribution in [1.29, 1.82) is 0 Å². The lowest BCUT2D eigenvalue weighted by Crippen LogP contribution is -2.13. The summed E-state index contributed by atoms with van der Waals surface area (Å²) in [5.41, 5.74) is 7.79. The number of aryl methyl sites for hydroxylation is 1. The molecule has 2 aromatic rings. The minimum Gasteiger partial charge on any atom is -0.322 e. The lowest BCUT2D eigenvalue weighted by Gasteiger charge is -2.08. The summed E-state index contributed by atoms with van der Waals surface area (Å²) in [7, 11) is 0. The Labute approximate surface area is 97.9 Å². The molecule has 4 heteroatoms. The average molecular weight is 236 g/mol. The highest BCUT2D eigenvalue weighted by Gasteiger charge is 2.10. The topological polar surface area (TPSA) is 38.9 Å². The van der Waals surface area contributed by atoms with Gasteiger partial charge in [0.15, 0.2) is 0 Å². The van der Waals surface area contributed by atoms with Crippen LogP contribution < -0.4 is 5.73 Å². The summed E-state index contributed by atoms with van der Waals surface area (Å²) in [5, 5.41) is 2.96. The first kappa shape index (κ1) is 11.2. The first-order chi connectivity index (χ1) is 7.65. The molecule has 1 heterocycles. The normalized spacial score (nSPS) is 12.7. The predicted octanol–water partition coefficient (Wildman–Crippen LogP) is 2.83. The average Bonchev–Trinajstić information content (AvgIpc) is 2.65. The zero-order valence-electron chi connectivity index (χ0n) is 8.98. The van der Waals surface area contributed by atoms with E-state index < -0.39 is 0 Å². The van der Waals surface area contributed by atoms with Crippen LogP contribution in [-0.2, 0) is 6.42 Å². The van der Waals surface area contributed by atoms with Gasteiger partial charge in [0.25, 0.3) is 0 Å². The van der Waals surface area contributed by atoms with Gasteiger partial charge in [0.2, 0.25) is 0 Å². The number of rotatable bonds is 3. The number of nitrogens with zero attached hydrogens (tertiary/aromatic N) is 1. The van der Waals surface area contributed by atoms with Crippen LogP contribution in [-0.4, -0.2) is 4.98 Å². The molecule has 0 saturated heterocycles. The Hall–Kier alpha value is -1.26. The minimum absolute atomic E-state index is 0.160. The molecule has 0 bridgehead atoms. The van der Waals surface area contributed by atoms with Crippen molar-refractivity contribution in [2.24, 2.45) is 5.73 Å². The molecule has 1 aromatic carbocycles. The largest absolute Gasteiger partial charge is 0.322 e. The highest BCUT2D eigenvalue weighted by atomic mass is 32.1. The number of nitrogens with two attached hydrogens (primary N) is 1. The van der Waals surface area contributed by atoms with Gasteiger partial charge in [-0.05, 0) is 31.0 Å². The Kier molecular flexibility index (Phi) is 3.31. The standard InChI is InChI=1S/C12H13FN2S/c1-8-15-12(7-16-8)11(14)6-9-3-2-4-10(13)5-9/h2-5,7,11H,6,14H2,1H3. The Bertz CT molecular complexity index is 481. The van der Waals surface area contributed by atoms with Crippen molar-refractivity contribution in [1.82, 2.24) is 4.98 Å². The first-order valence-corrected chi connectivity index (χ1v) is 5.95. The summed E-state index contributed by atoms with van der Waals surface area (Å²) in [6.07, 6.45) is 0.612. The first-order valence-electron chi connectivity index (χ1n) is 5.07. The Balaban J connectivity index is 2.10. The van der Waals surface area contributed by atoms with Crippen LogP contribution in [0.15, 0.2) is 29.6 Å². The van der Waals surface area contributed by atoms with Gasteiger partial charge in [0.1, 0.15) is 5.82 Å². The summed E-state index contributed by atoms with van der Waals surface area (Å²) >= 11 is 1.58. The lowest BCUT2D eigenvalue weighted by atomic mass is 10.0. The monoisotopic (exact) mass is 236 g/mol. The molecule has 0 amide bonds. The Morgan fingerprint density at radius 2 is 2.31 bits per heavy atom. The van der Waals surface area contributed by atoms with E-state index in [0.717, 1.165) is 16.3 Å². The van der Waals surface area contributed by atoms with Crippen molar-refractivity contribution in [3.05, 3.63) is 51.7 Å². The van der Waals surface area contributed by atoms with Crippen LogP contribution in [0.3, 0.4) is 0 Å². The van der Waals surface area contributed by atoms with E-state index in [2.05, 4.69) is 4.98 Å². The van der Waals surface area contributed by atoms with Crippen molar-refractivity contribution < 1.29 is 4.39 Å². The zero-order chi connectivity index (χ0) is 11.5. The molecule has 0 aliphatic rings. The van der Waals surface area contributed by atoms with E-state index in [0.29, 0.717) is 6.42 Å². The molecule has 2 nitrogen and oxygen atoms in total. The van der Waals surface area contributed by atoms with E-state index in [1.54, 1.807) is 17.4 Å². The van der Waals surface area contributed by atoms with Gasteiger partial charge in [0, 0.05) is 5.38 Å². The van der Waals surface area contributed by atoms with Gasteiger partial charge in [-0.25, -0.2) is 9.37 Å². The molecule has 0 aliphatic heterocycles. The molecule has 0 fully saturated rings. The number of benzene rings is 1. The van der Waals surface area contributed by atoms with Crippen LogP contribution in [0.2, 0.25) is 0 Å². The van der Waals surface area contributed by atoms with Crippen LogP contribution in [0.4, 0.5) is 4.39 Å². The van der Waals surface area contributed by atoms with Crippen LogP contribution in [0.25, 0.3) is 0 Å². The molecule has 0 saturated carbocycles. The van der Waals surface area contributed by atoms with Gasteiger partial charge >= 0.3 is 0 Å². The third kappa shape index (κ3) is 2.65. The molecule has 84 valence electrons. The van der Waals surface area contributed by atoms with Crippen LogP contribution >= 0.6 is 11.3 Å². The summed E-state index contributed by atoms with van der Waals surface area (Å²) in [6.45, 7) is 1.95. The summed E-state index contributed by atoms with van der Waals surface area (Å²) in [5.74, 6) is -0.223. The molecule has 0 aliphatic carbocycles. The fourth-order valence-corrected chi connectivity index (χ4v) is 2.25. The van der Waals surface area contributed by atoms with E-state index in [-0.39, 0.29) is 11.9 Å². The molecule has 1 aromatic heterocycles. The van der Waals surface area contributed by atoms with E-state index in [9.17, 15) is 4.39 Å². The van der Waals surface area contributed by atoms with Gasteiger partial charge in [-0.15, -0.1) is 11.3 Å². The molecule has 0 radical (unpaired) electrons. The third-order valence-corrected chi connectivity index (χ3v) is 3.15. The van der Waals surface area contributed by atoms with Crippen LogP contribution in [0.5, 0.6) is 0 Å². The highest BCUT2D eigenvalue weighted by molar-refractivity contribution is 7.09. The summed E-state index contributed by atoms with van der Waals surface area (Å²) in [6, 6.07) is 6.36. The van der Waals surface area contributed by atoms with Crippen molar-refractivity contribution in [3.63, 3.8) is 0 Å². The van der Waals surface area contributed by atoms with E-state index in [1.807, 2.05) is 18.4 Å². The second-order valence-electron chi connectivity index (χ2n) is 3.73. The maximum Gasteiger partial charge on any atom is 0.123 e. The smallest absolute Gasteiger partial charge is 0.123 e. The van der Waals surface area contributed by atoms with Crippen molar-refractivity contribution >= 4 is 11.3 Å². The molecule has 0 spiro atoms. The Morgan fingerprint density at radius 1 is 1.50 bits per heavy atom. The lowest BCUT2D eigenvalue weighted by molar-refractivity contribution is 0.621. The fourth-order valence-electron chi connectivity index (χ4n) is 1.57. The Morgan fingerprint density at radius 3 is 2.94 bits per heavy atom.